The van der Waals surface area contributed by atoms with Crippen LogP contribution < -0.4 is 4.74 Å². The van der Waals surface area contributed by atoms with Crippen molar-refractivity contribution in [1.29, 1.82) is 0 Å². The molecule has 0 saturated carbocycles. The average Bonchev–Trinajstić information content (AvgIpc) is 2.44. The van der Waals surface area contributed by atoms with Gasteiger partial charge in [0.05, 0.1) is 0 Å². The van der Waals surface area contributed by atoms with E-state index in [0.717, 1.165) is 6.07 Å². The summed E-state index contributed by atoms with van der Waals surface area (Å²) in [5.41, 5.74) is -0.377. The zero-order chi connectivity index (χ0) is 17.8. The highest BCUT2D eigenvalue weighted by atomic mass is 32.2. The molecule has 10 heteroatoms. The minimum atomic E-state index is -5.98. The van der Waals surface area contributed by atoms with Gasteiger partial charge in [-0.15, -0.1) is 0 Å². The molecule has 0 atom stereocenters. The highest BCUT2D eigenvalue weighted by Crippen LogP contribution is 2.24. The molecular formula is C13H11F2O7S-. The predicted molar refractivity (Wildman–Crippen MR) is 71.8 cm³/mol. The van der Waals surface area contributed by atoms with Crippen molar-refractivity contribution in [3.05, 3.63) is 42.0 Å². The first kappa shape index (κ1) is 18.7. The van der Waals surface area contributed by atoms with E-state index in [9.17, 15) is 31.3 Å². The maximum Gasteiger partial charge on any atom is 0.367 e. The van der Waals surface area contributed by atoms with Gasteiger partial charge in [-0.25, -0.2) is 18.0 Å². The van der Waals surface area contributed by atoms with E-state index in [4.69, 9.17) is 4.74 Å². The minimum Gasteiger partial charge on any atom is -0.743 e. The van der Waals surface area contributed by atoms with Crippen molar-refractivity contribution in [1.82, 2.24) is 0 Å². The van der Waals surface area contributed by atoms with E-state index < -0.39 is 39.5 Å². The SMILES string of the molecule is C=C(C)C(=O)Oc1ccccc1C(=O)OCC(F)(F)S(=O)(=O)[O-]. The Hall–Kier alpha value is -2.33. The highest BCUT2D eigenvalue weighted by molar-refractivity contribution is 7.86. The van der Waals surface area contributed by atoms with Crippen molar-refractivity contribution >= 4 is 22.1 Å². The molecule has 0 aliphatic heterocycles. The number of hydrogen-bond donors (Lipinski definition) is 0. The lowest BCUT2D eigenvalue weighted by Gasteiger charge is -2.19. The van der Waals surface area contributed by atoms with E-state index in [1.165, 1.54) is 25.1 Å². The highest BCUT2D eigenvalue weighted by Gasteiger charge is 2.39. The lowest BCUT2D eigenvalue weighted by Crippen LogP contribution is -2.34. The smallest absolute Gasteiger partial charge is 0.367 e. The van der Waals surface area contributed by atoms with Crippen LogP contribution >= 0.6 is 0 Å². The first-order valence-electron chi connectivity index (χ1n) is 5.93. The second-order valence-electron chi connectivity index (χ2n) is 4.33. The molecule has 126 valence electrons. The summed E-state index contributed by atoms with van der Waals surface area (Å²) in [4.78, 5) is 23.1. The Bertz CT molecular complexity index is 740. The summed E-state index contributed by atoms with van der Waals surface area (Å²) in [5, 5.41) is -4.77. The summed E-state index contributed by atoms with van der Waals surface area (Å²) in [6.07, 6.45) is 0. The molecule has 0 aliphatic carbocycles. The molecule has 1 aromatic carbocycles. The summed E-state index contributed by atoms with van der Waals surface area (Å²) in [6.45, 7) is 2.72. The first-order chi connectivity index (χ1) is 10.5. The standard InChI is InChI=1S/C13H12F2O7S/c1-8(2)11(16)22-10-6-4-3-5-9(10)12(17)21-7-13(14,15)23(18,19)20/h3-6H,1,7H2,2H3,(H,18,19,20)/p-1. The summed E-state index contributed by atoms with van der Waals surface area (Å²) in [7, 11) is -5.98. The Kier molecular flexibility index (Phi) is 5.56. The van der Waals surface area contributed by atoms with Crippen molar-refractivity contribution in [2.24, 2.45) is 0 Å². The molecule has 0 amide bonds. The van der Waals surface area contributed by atoms with Gasteiger partial charge in [0, 0.05) is 5.57 Å². The number of halogens is 2. The molecule has 0 N–H and O–H groups in total. The maximum atomic E-state index is 12.9. The average molecular weight is 349 g/mol. The molecular weight excluding hydrogens is 338 g/mol. The number of benzene rings is 1. The van der Waals surface area contributed by atoms with Crippen LogP contribution in [0, 0.1) is 0 Å². The van der Waals surface area contributed by atoms with Gasteiger partial charge in [0.25, 0.3) is 0 Å². The van der Waals surface area contributed by atoms with Gasteiger partial charge < -0.3 is 14.0 Å². The van der Waals surface area contributed by atoms with E-state index in [-0.39, 0.29) is 11.3 Å². The molecule has 0 saturated heterocycles. The number of ether oxygens (including phenoxy) is 2. The molecule has 0 heterocycles. The van der Waals surface area contributed by atoms with Gasteiger partial charge in [-0.3, -0.25) is 0 Å². The third kappa shape index (κ3) is 4.83. The number of esters is 2. The van der Waals surface area contributed by atoms with Crippen LogP contribution in [0.3, 0.4) is 0 Å². The van der Waals surface area contributed by atoms with Gasteiger partial charge >= 0.3 is 17.2 Å². The molecule has 7 nitrogen and oxygen atoms in total. The second kappa shape index (κ2) is 6.84. The number of carbonyl (C=O) groups is 2. The molecule has 0 fully saturated rings. The van der Waals surface area contributed by atoms with Crippen LogP contribution in [-0.4, -0.2) is 36.8 Å². The Morgan fingerprint density at radius 3 is 2.39 bits per heavy atom. The minimum absolute atomic E-state index is 0.0251. The van der Waals surface area contributed by atoms with Crippen molar-refractivity contribution in [2.45, 2.75) is 12.2 Å². The van der Waals surface area contributed by atoms with Crippen molar-refractivity contribution in [3.8, 4) is 5.75 Å². The predicted octanol–water partition coefficient (Wildman–Crippen LogP) is 1.46. The van der Waals surface area contributed by atoms with Gasteiger partial charge in [-0.1, -0.05) is 18.7 Å². The topological polar surface area (TPSA) is 110 Å². The Balaban J connectivity index is 2.93. The van der Waals surface area contributed by atoms with Crippen LogP contribution in [0.2, 0.25) is 0 Å². The molecule has 23 heavy (non-hydrogen) atoms. The third-order valence-electron chi connectivity index (χ3n) is 2.40. The summed E-state index contributed by atoms with van der Waals surface area (Å²) >= 11 is 0. The van der Waals surface area contributed by atoms with E-state index in [1.54, 1.807) is 0 Å². The van der Waals surface area contributed by atoms with Crippen LogP contribution in [0.15, 0.2) is 36.4 Å². The number of hydrogen-bond acceptors (Lipinski definition) is 7. The monoisotopic (exact) mass is 349 g/mol. The number of rotatable bonds is 6. The van der Waals surface area contributed by atoms with Gasteiger partial charge in [0.2, 0.25) is 0 Å². The zero-order valence-corrected chi connectivity index (χ0v) is 12.6. The van der Waals surface area contributed by atoms with E-state index >= 15 is 0 Å². The fourth-order valence-corrected chi connectivity index (χ4v) is 1.41. The maximum absolute atomic E-state index is 12.9. The lowest BCUT2D eigenvalue weighted by atomic mass is 10.2. The molecule has 0 aromatic heterocycles. The Labute approximate surface area is 130 Å². The van der Waals surface area contributed by atoms with Crippen LogP contribution in [0.25, 0.3) is 0 Å². The van der Waals surface area contributed by atoms with E-state index in [0.29, 0.717) is 0 Å². The van der Waals surface area contributed by atoms with Gasteiger partial charge in [-0.2, -0.15) is 8.78 Å². The first-order valence-corrected chi connectivity index (χ1v) is 7.33. The molecule has 0 bridgehead atoms. The Morgan fingerprint density at radius 2 is 1.87 bits per heavy atom. The normalized spacial score (nSPS) is 11.7. The quantitative estimate of drug-likeness (QED) is 0.331. The summed E-state index contributed by atoms with van der Waals surface area (Å²) < 4.78 is 65.8. The van der Waals surface area contributed by atoms with Crippen molar-refractivity contribution in [3.63, 3.8) is 0 Å². The van der Waals surface area contributed by atoms with E-state index in [1.807, 2.05) is 0 Å². The number of carbonyl (C=O) groups excluding carboxylic acids is 2. The van der Waals surface area contributed by atoms with Crippen LogP contribution in [0.1, 0.15) is 17.3 Å². The molecule has 0 aliphatic rings. The summed E-state index contributed by atoms with van der Waals surface area (Å²) in [6, 6.07) is 5.03. The van der Waals surface area contributed by atoms with Crippen molar-refractivity contribution in [2.75, 3.05) is 6.61 Å². The largest absolute Gasteiger partial charge is 0.743 e. The molecule has 1 aromatic rings. The van der Waals surface area contributed by atoms with Gasteiger partial charge in [-0.05, 0) is 19.1 Å². The second-order valence-corrected chi connectivity index (χ2v) is 5.84. The number of alkyl halides is 2. The van der Waals surface area contributed by atoms with Gasteiger partial charge in [0.1, 0.15) is 11.3 Å². The molecule has 0 spiro atoms. The summed E-state index contributed by atoms with van der Waals surface area (Å²) in [5.74, 6) is -2.55. The van der Waals surface area contributed by atoms with Crippen LogP contribution in [-0.2, 0) is 19.6 Å². The third-order valence-corrected chi connectivity index (χ3v) is 3.24. The van der Waals surface area contributed by atoms with Crippen LogP contribution in [0.5, 0.6) is 5.75 Å². The number of para-hydroxylation sites is 1. The fraction of sp³-hybridized carbons (Fsp3) is 0.231. The Morgan fingerprint density at radius 1 is 1.30 bits per heavy atom. The fourth-order valence-electron chi connectivity index (χ4n) is 1.21. The van der Waals surface area contributed by atoms with Crippen LogP contribution in [0.4, 0.5) is 8.78 Å². The molecule has 1 rings (SSSR count). The van der Waals surface area contributed by atoms with Gasteiger partial charge in [0.15, 0.2) is 16.7 Å². The van der Waals surface area contributed by atoms with Crippen molar-refractivity contribution < 1.29 is 40.8 Å². The zero-order valence-electron chi connectivity index (χ0n) is 11.7. The molecule has 0 unspecified atom stereocenters. The lowest BCUT2D eigenvalue weighted by molar-refractivity contribution is -0.130. The van der Waals surface area contributed by atoms with E-state index in [2.05, 4.69) is 11.3 Å². The molecule has 0 radical (unpaired) electrons.